The van der Waals surface area contributed by atoms with E-state index in [2.05, 4.69) is 20.0 Å². The number of alkyl halides is 3. The van der Waals surface area contributed by atoms with E-state index in [9.17, 15) is 26.7 Å². The molecule has 0 saturated heterocycles. The average molecular weight is 519 g/mol. The van der Waals surface area contributed by atoms with E-state index < -0.39 is 40.6 Å². The Morgan fingerprint density at radius 1 is 1.26 bits per heavy atom. The van der Waals surface area contributed by atoms with Gasteiger partial charge in [-0.05, 0) is 38.5 Å². The Bertz CT molecular complexity index is 1130. The molecule has 2 heterocycles. The van der Waals surface area contributed by atoms with Gasteiger partial charge in [-0.3, -0.25) is 9.79 Å². The predicted molar refractivity (Wildman–Crippen MR) is 122 cm³/mol. The van der Waals surface area contributed by atoms with E-state index in [4.69, 9.17) is 10.5 Å². The molecular weight excluding hydrogens is 495 g/mol. The van der Waals surface area contributed by atoms with Crippen LogP contribution in [0.15, 0.2) is 35.5 Å². The number of amidine groups is 1. The van der Waals surface area contributed by atoms with Crippen molar-refractivity contribution >= 4 is 28.5 Å². The van der Waals surface area contributed by atoms with Crippen LogP contribution in [-0.2, 0) is 10.3 Å². The number of ether oxygens (including phenoxy) is 2. The molecule has 3 rings (SSSR count). The van der Waals surface area contributed by atoms with Crippen molar-refractivity contribution in [1.29, 1.82) is 0 Å². The number of halogens is 5. The van der Waals surface area contributed by atoms with Crippen molar-refractivity contribution in [2.45, 2.75) is 36.7 Å². The molecular formula is C22H23F5N4O3S. The van der Waals surface area contributed by atoms with Crippen molar-refractivity contribution in [2.24, 2.45) is 10.7 Å². The number of anilines is 1. The highest BCUT2D eigenvalue weighted by atomic mass is 32.2. The first-order chi connectivity index (χ1) is 16.2. The normalized spacial score (nSPS) is 22.5. The fourth-order valence-electron chi connectivity index (χ4n) is 3.88. The van der Waals surface area contributed by atoms with E-state index >= 15 is 0 Å². The molecule has 0 bridgehead atoms. The molecule has 13 heteroatoms. The number of methoxy groups -OCH3 is 1. The van der Waals surface area contributed by atoms with E-state index in [0.29, 0.717) is 6.61 Å². The smallest absolute Gasteiger partial charge is 0.422 e. The fourth-order valence-corrected chi connectivity index (χ4v) is 5.16. The quantitative estimate of drug-likeness (QED) is 0.519. The van der Waals surface area contributed by atoms with E-state index in [1.165, 1.54) is 24.9 Å². The minimum atomic E-state index is -4.52. The number of nitrogens with two attached hydrogens (primary N) is 1. The number of carbonyl (C=O) groups excluding carboxylic acids is 1. The van der Waals surface area contributed by atoms with Crippen LogP contribution in [0.5, 0.6) is 5.75 Å². The van der Waals surface area contributed by atoms with Crippen LogP contribution in [0.2, 0.25) is 0 Å². The lowest BCUT2D eigenvalue weighted by Crippen LogP contribution is -2.43. The van der Waals surface area contributed by atoms with Crippen molar-refractivity contribution < 1.29 is 36.2 Å². The number of carbonyl (C=O) groups is 1. The summed E-state index contributed by atoms with van der Waals surface area (Å²) in [6.07, 6.45) is -3.30. The van der Waals surface area contributed by atoms with Crippen molar-refractivity contribution in [3.05, 3.63) is 53.4 Å². The molecule has 2 aromatic rings. The molecule has 1 aromatic heterocycles. The minimum absolute atomic E-state index is 0.0650. The highest BCUT2D eigenvalue weighted by molar-refractivity contribution is 8.15. The summed E-state index contributed by atoms with van der Waals surface area (Å²) in [4.78, 5) is 20.7. The summed E-state index contributed by atoms with van der Waals surface area (Å²) in [7, 11) is 1.52. The molecule has 35 heavy (non-hydrogen) atoms. The van der Waals surface area contributed by atoms with Gasteiger partial charge in [0.15, 0.2) is 23.4 Å². The first-order valence-corrected chi connectivity index (χ1v) is 11.0. The van der Waals surface area contributed by atoms with E-state index in [-0.39, 0.29) is 34.3 Å². The number of pyridine rings is 1. The minimum Gasteiger partial charge on any atom is -0.483 e. The van der Waals surface area contributed by atoms with Gasteiger partial charge in [0.1, 0.15) is 11.4 Å². The second kappa shape index (κ2) is 9.97. The number of aliphatic imine (C=N–C) groups is 1. The van der Waals surface area contributed by atoms with Crippen molar-refractivity contribution in [1.82, 2.24) is 4.98 Å². The third-order valence-corrected chi connectivity index (χ3v) is 6.17. The SMILES string of the molecule is COC[C@@]1(C)C[C@@](C)(c2cc(NC(=O)c3ccc(OCC(F)(F)F)cn3)cc(F)c2F)N=C(N)S1. The Balaban J connectivity index is 1.84. The predicted octanol–water partition coefficient (Wildman–Crippen LogP) is 4.63. The van der Waals surface area contributed by atoms with Gasteiger partial charge in [0.2, 0.25) is 0 Å². The third-order valence-electron chi connectivity index (χ3n) is 5.11. The molecule has 0 unspecified atom stereocenters. The Morgan fingerprint density at radius 3 is 2.57 bits per heavy atom. The molecule has 1 aliphatic heterocycles. The highest BCUT2D eigenvalue weighted by Gasteiger charge is 2.44. The summed E-state index contributed by atoms with van der Waals surface area (Å²) < 4.78 is 75.4. The van der Waals surface area contributed by atoms with Gasteiger partial charge in [-0.25, -0.2) is 13.8 Å². The Labute approximate surface area is 202 Å². The number of benzene rings is 1. The number of amides is 1. The van der Waals surface area contributed by atoms with E-state index in [1.54, 1.807) is 6.92 Å². The average Bonchev–Trinajstić information content (AvgIpc) is 2.73. The summed E-state index contributed by atoms with van der Waals surface area (Å²) in [5.41, 5.74) is 4.39. The first kappa shape index (κ1) is 26.7. The summed E-state index contributed by atoms with van der Waals surface area (Å²) in [5.74, 6) is -3.31. The first-order valence-electron chi connectivity index (χ1n) is 10.2. The maximum Gasteiger partial charge on any atom is 0.422 e. The van der Waals surface area contributed by atoms with Gasteiger partial charge >= 0.3 is 6.18 Å². The largest absolute Gasteiger partial charge is 0.483 e. The molecule has 1 aliphatic rings. The van der Waals surface area contributed by atoms with Crippen molar-refractivity contribution in [2.75, 3.05) is 25.6 Å². The summed E-state index contributed by atoms with van der Waals surface area (Å²) >= 11 is 1.27. The van der Waals surface area contributed by atoms with Crippen LogP contribution in [0.25, 0.3) is 0 Å². The van der Waals surface area contributed by atoms with Crippen LogP contribution in [0.1, 0.15) is 36.3 Å². The zero-order valence-electron chi connectivity index (χ0n) is 19.0. The molecule has 0 saturated carbocycles. The van der Waals surface area contributed by atoms with Gasteiger partial charge in [0.05, 0.1) is 18.3 Å². The number of nitrogens with zero attached hydrogens (tertiary/aromatic N) is 2. The molecule has 1 aromatic carbocycles. The lowest BCUT2D eigenvalue weighted by Gasteiger charge is -2.41. The second-order valence-electron chi connectivity index (χ2n) is 8.44. The van der Waals surface area contributed by atoms with Gasteiger partial charge in [-0.2, -0.15) is 13.2 Å². The summed E-state index contributed by atoms with van der Waals surface area (Å²) in [5, 5.41) is 2.60. The zero-order valence-corrected chi connectivity index (χ0v) is 19.8. The van der Waals surface area contributed by atoms with Crippen LogP contribution in [0, 0.1) is 11.6 Å². The van der Waals surface area contributed by atoms with Crippen LogP contribution in [-0.4, -0.2) is 47.3 Å². The Hall–Kier alpha value is -2.93. The van der Waals surface area contributed by atoms with Crippen LogP contribution in [0.3, 0.4) is 0 Å². The third kappa shape index (κ3) is 6.60. The number of nitrogens with one attached hydrogen (secondary N) is 1. The molecule has 2 atom stereocenters. The molecule has 0 fully saturated rings. The van der Waals surface area contributed by atoms with Crippen molar-refractivity contribution in [3.8, 4) is 5.75 Å². The molecule has 0 spiro atoms. The van der Waals surface area contributed by atoms with Gasteiger partial charge in [-0.1, -0.05) is 11.8 Å². The number of hydrogen-bond donors (Lipinski definition) is 2. The van der Waals surface area contributed by atoms with Gasteiger partial charge in [-0.15, -0.1) is 0 Å². The van der Waals surface area contributed by atoms with Crippen molar-refractivity contribution in [3.63, 3.8) is 0 Å². The number of aromatic nitrogens is 1. The topological polar surface area (TPSA) is 98.8 Å². The Kier molecular flexibility index (Phi) is 7.60. The molecule has 190 valence electrons. The Morgan fingerprint density at radius 2 is 1.97 bits per heavy atom. The van der Waals surface area contributed by atoms with E-state index in [1.807, 2.05) is 6.92 Å². The van der Waals surface area contributed by atoms with Gasteiger partial charge < -0.3 is 20.5 Å². The molecule has 1 amide bonds. The number of rotatable bonds is 7. The van der Waals surface area contributed by atoms with Gasteiger partial charge in [0.25, 0.3) is 5.91 Å². The lowest BCUT2D eigenvalue weighted by atomic mass is 9.83. The highest BCUT2D eigenvalue weighted by Crippen LogP contribution is 2.46. The van der Waals surface area contributed by atoms with Gasteiger partial charge in [0, 0.05) is 29.2 Å². The fraction of sp³-hybridized carbons (Fsp3) is 0.409. The van der Waals surface area contributed by atoms with Crippen LogP contribution in [0.4, 0.5) is 27.6 Å². The monoisotopic (exact) mass is 518 g/mol. The molecule has 0 radical (unpaired) electrons. The standard InChI is InChI=1S/C22H23F5N4O3S/c1-20(10-33-3)9-21(2,31-19(28)35-20)14-6-12(7-15(23)17(14)24)30-18(32)16-5-4-13(8-29-16)34-11-22(25,26)27/h4-8H,9-11H2,1-3H3,(H2,28,31)(H,30,32)/t20-,21+/m1/s1. The summed E-state index contributed by atoms with van der Waals surface area (Å²) in [6.45, 7) is 2.26. The molecule has 0 aliphatic carbocycles. The molecule has 3 N–H and O–H groups in total. The van der Waals surface area contributed by atoms with E-state index in [0.717, 1.165) is 24.4 Å². The number of hydrogen-bond acceptors (Lipinski definition) is 7. The van der Waals surface area contributed by atoms with Crippen LogP contribution < -0.4 is 15.8 Å². The lowest BCUT2D eigenvalue weighted by molar-refractivity contribution is -0.153. The molecule has 7 nitrogen and oxygen atoms in total. The zero-order chi connectivity index (χ0) is 26.0. The maximum absolute atomic E-state index is 14.9. The second-order valence-corrected chi connectivity index (χ2v) is 10.1. The number of thioether (sulfide) groups is 1. The summed E-state index contributed by atoms with van der Waals surface area (Å²) in [6, 6.07) is 4.35. The maximum atomic E-state index is 14.9. The van der Waals surface area contributed by atoms with Crippen LogP contribution >= 0.6 is 11.8 Å².